The SMILES string of the molecule is CCO/C=C\C(=O)Nc1cc(-c2cccnc2)ccc1Cl. The summed E-state index contributed by atoms with van der Waals surface area (Å²) < 4.78 is 4.98. The minimum Gasteiger partial charge on any atom is -0.501 e. The number of carbonyl (C=O) groups is 1. The summed E-state index contributed by atoms with van der Waals surface area (Å²) in [6, 6.07) is 9.23. The predicted molar refractivity (Wildman–Crippen MR) is 84.1 cm³/mol. The Labute approximate surface area is 128 Å². The quantitative estimate of drug-likeness (QED) is 0.673. The van der Waals surface area contributed by atoms with E-state index in [0.717, 1.165) is 11.1 Å². The van der Waals surface area contributed by atoms with Crippen molar-refractivity contribution >= 4 is 23.2 Å². The standard InChI is InChI=1S/C16H15ClN2O2/c1-2-21-9-7-16(20)19-15-10-12(5-6-14(15)17)13-4-3-8-18-11-13/h3-11H,2H2,1H3,(H,19,20)/b9-7-. The van der Waals surface area contributed by atoms with Crippen LogP contribution < -0.4 is 5.32 Å². The average Bonchev–Trinajstić information content (AvgIpc) is 2.51. The van der Waals surface area contributed by atoms with Crippen LogP contribution in [0.15, 0.2) is 55.1 Å². The lowest BCUT2D eigenvalue weighted by atomic mass is 10.1. The summed E-state index contributed by atoms with van der Waals surface area (Å²) in [7, 11) is 0. The Morgan fingerprint density at radius 2 is 2.24 bits per heavy atom. The van der Waals surface area contributed by atoms with Crippen LogP contribution in [0, 0.1) is 0 Å². The number of hydrogen-bond donors (Lipinski definition) is 1. The minimum absolute atomic E-state index is 0.298. The molecule has 0 atom stereocenters. The lowest BCUT2D eigenvalue weighted by Gasteiger charge is -2.08. The number of anilines is 1. The second-order valence-electron chi connectivity index (χ2n) is 4.18. The molecule has 1 N–H and O–H groups in total. The van der Waals surface area contributed by atoms with E-state index in [9.17, 15) is 4.79 Å². The first-order valence-corrected chi connectivity index (χ1v) is 6.87. The molecular formula is C16H15ClN2O2. The molecule has 21 heavy (non-hydrogen) atoms. The molecule has 0 bridgehead atoms. The number of benzene rings is 1. The highest BCUT2D eigenvalue weighted by Crippen LogP contribution is 2.28. The van der Waals surface area contributed by atoms with Crippen LogP contribution >= 0.6 is 11.6 Å². The fourth-order valence-corrected chi connectivity index (χ4v) is 1.88. The zero-order valence-corrected chi connectivity index (χ0v) is 12.3. The van der Waals surface area contributed by atoms with Gasteiger partial charge >= 0.3 is 0 Å². The smallest absolute Gasteiger partial charge is 0.251 e. The molecule has 0 spiro atoms. The van der Waals surface area contributed by atoms with Crippen LogP contribution in [0.1, 0.15) is 6.92 Å². The van der Waals surface area contributed by atoms with Gasteiger partial charge in [0.25, 0.3) is 5.91 Å². The number of nitrogens with zero attached hydrogens (tertiary/aromatic N) is 1. The van der Waals surface area contributed by atoms with Gasteiger partial charge in [-0.05, 0) is 30.7 Å². The Hall–Kier alpha value is -2.33. The molecule has 0 unspecified atom stereocenters. The van der Waals surface area contributed by atoms with Gasteiger partial charge in [-0.1, -0.05) is 23.7 Å². The fraction of sp³-hybridized carbons (Fsp3) is 0.125. The van der Waals surface area contributed by atoms with Crippen molar-refractivity contribution in [1.82, 2.24) is 4.98 Å². The van der Waals surface area contributed by atoms with Crippen molar-refractivity contribution in [1.29, 1.82) is 0 Å². The van der Waals surface area contributed by atoms with E-state index in [2.05, 4.69) is 10.3 Å². The van der Waals surface area contributed by atoms with Crippen LogP contribution in [0.4, 0.5) is 5.69 Å². The van der Waals surface area contributed by atoms with Gasteiger partial charge in [0.2, 0.25) is 0 Å². The first-order valence-electron chi connectivity index (χ1n) is 6.50. The van der Waals surface area contributed by atoms with Crippen LogP contribution in [0.25, 0.3) is 11.1 Å². The van der Waals surface area contributed by atoms with Crippen molar-refractivity contribution < 1.29 is 9.53 Å². The van der Waals surface area contributed by atoms with Gasteiger partial charge in [0.05, 0.1) is 23.6 Å². The lowest BCUT2D eigenvalue weighted by molar-refractivity contribution is -0.112. The Kier molecular flexibility index (Phi) is 5.35. The van der Waals surface area contributed by atoms with Crippen molar-refractivity contribution in [3.8, 4) is 11.1 Å². The zero-order chi connectivity index (χ0) is 15.1. The maximum Gasteiger partial charge on any atom is 0.251 e. The molecule has 1 heterocycles. The summed E-state index contributed by atoms with van der Waals surface area (Å²) >= 11 is 6.10. The van der Waals surface area contributed by atoms with E-state index in [1.54, 1.807) is 18.5 Å². The van der Waals surface area contributed by atoms with Crippen molar-refractivity contribution in [3.05, 3.63) is 60.1 Å². The van der Waals surface area contributed by atoms with Crippen LogP contribution in [-0.2, 0) is 9.53 Å². The normalized spacial score (nSPS) is 10.6. The van der Waals surface area contributed by atoms with Gasteiger partial charge in [-0.2, -0.15) is 0 Å². The number of aromatic nitrogens is 1. The van der Waals surface area contributed by atoms with Crippen LogP contribution in [-0.4, -0.2) is 17.5 Å². The molecular weight excluding hydrogens is 288 g/mol. The number of rotatable bonds is 5. The molecule has 5 heteroatoms. The number of hydrogen-bond acceptors (Lipinski definition) is 3. The van der Waals surface area contributed by atoms with Crippen LogP contribution in [0.5, 0.6) is 0 Å². The molecule has 2 aromatic rings. The molecule has 0 radical (unpaired) electrons. The van der Waals surface area contributed by atoms with Gasteiger partial charge in [-0.25, -0.2) is 0 Å². The van der Waals surface area contributed by atoms with Crippen molar-refractivity contribution in [3.63, 3.8) is 0 Å². The van der Waals surface area contributed by atoms with Crippen LogP contribution in [0.3, 0.4) is 0 Å². The Balaban J connectivity index is 2.18. The maximum absolute atomic E-state index is 11.7. The molecule has 1 amide bonds. The van der Waals surface area contributed by atoms with E-state index >= 15 is 0 Å². The number of amides is 1. The van der Waals surface area contributed by atoms with Gasteiger partial charge in [0, 0.05) is 24.0 Å². The van der Waals surface area contributed by atoms with Crippen molar-refractivity contribution in [2.24, 2.45) is 0 Å². The first-order chi connectivity index (χ1) is 10.2. The van der Waals surface area contributed by atoms with Gasteiger partial charge in [-0.15, -0.1) is 0 Å². The highest BCUT2D eigenvalue weighted by atomic mass is 35.5. The van der Waals surface area contributed by atoms with E-state index in [-0.39, 0.29) is 5.91 Å². The molecule has 1 aromatic heterocycles. The van der Waals surface area contributed by atoms with E-state index in [1.807, 2.05) is 31.2 Å². The Morgan fingerprint density at radius 3 is 2.95 bits per heavy atom. The maximum atomic E-state index is 11.7. The molecule has 0 saturated heterocycles. The van der Waals surface area contributed by atoms with Gasteiger partial charge in [0.1, 0.15) is 0 Å². The third-order valence-electron chi connectivity index (χ3n) is 2.70. The molecule has 0 saturated carbocycles. The zero-order valence-electron chi connectivity index (χ0n) is 11.5. The van der Waals surface area contributed by atoms with Crippen molar-refractivity contribution in [2.45, 2.75) is 6.92 Å². The number of halogens is 1. The van der Waals surface area contributed by atoms with Gasteiger partial charge in [-0.3, -0.25) is 9.78 Å². The average molecular weight is 303 g/mol. The summed E-state index contributed by atoms with van der Waals surface area (Å²) in [5, 5.41) is 3.19. The molecule has 0 fully saturated rings. The molecule has 4 nitrogen and oxygen atoms in total. The molecule has 0 aliphatic heterocycles. The van der Waals surface area contributed by atoms with E-state index in [1.165, 1.54) is 12.3 Å². The van der Waals surface area contributed by atoms with Gasteiger partial charge in [0.15, 0.2) is 0 Å². The second-order valence-corrected chi connectivity index (χ2v) is 4.59. The summed E-state index contributed by atoms with van der Waals surface area (Å²) in [6.45, 7) is 2.36. The third kappa shape index (κ3) is 4.33. The topological polar surface area (TPSA) is 51.2 Å². The Morgan fingerprint density at radius 1 is 1.38 bits per heavy atom. The highest BCUT2D eigenvalue weighted by Gasteiger charge is 2.06. The monoisotopic (exact) mass is 302 g/mol. The van der Waals surface area contributed by atoms with E-state index in [4.69, 9.17) is 16.3 Å². The number of carbonyl (C=O) groups excluding carboxylic acids is 1. The number of ether oxygens (including phenoxy) is 1. The largest absolute Gasteiger partial charge is 0.501 e. The Bertz CT molecular complexity index is 642. The molecule has 2 rings (SSSR count). The highest BCUT2D eigenvalue weighted by molar-refractivity contribution is 6.34. The molecule has 0 aliphatic rings. The number of nitrogens with one attached hydrogen (secondary N) is 1. The second kappa shape index (κ2) is 7.45. The van der Waals surface area contributed by atoms with E-state index in [0.29, 0.717) is 17.3 Å². The van der Waals surface area contributed by atoms with Crippen molar-refractivity contribution in [2.75, 3.05) is 11.9 Å². The molecule has 0 aliphatic carbocycles. The van der Waals surface area contributed by atoms with Gasteiger partial charge < -0.3 is 10.1 Å². The van der Waals surface area contributed by atoms with Crippen LogP contribution in [0.2, 0.25) is 5.02 Å². The fourth-order valence-electron chi connectivity index (χ4n) is 1.71. The summed E-state index contributed by atoms with van der Waals surface area (Å²) in [6.07, 6.45) is 6.13. The molecule has 108 valence electrons. The minimum atomic E-state index is -0.298. The summed E-state index contributed by atoms with van der Waals surface area (Å²) in [5.74, 6) is -0.298. The lowest BCUT2D eigenvalue weighted by Crippen LogP contribution is -2.08. The summed E-state index contributed by atoms with van der Waals surface area (Å²) in [5.41, 5.74) is 2.43. The number of pyridine rings is 1. The first kappa shape index (κ1) is 15.1. The summed E-state index contributed by atoms with van der Waals surface area (Å²) in [4.78, 5) is 15.8. The molecule has 1 aromatic carbocycles. The third-order valence-corrected chi connectivity index (χ3v) is 3.03. The van der Waals surface area contributed by atoms with E-state index < -0.39 is 0 Å². The predicted octanol–water partition coefficient (Wildman–Crippen LogP) is 3.89.